The van der Waals surface area contributed by atoms with Crippen molar-refractivity contribution in [3.05, 3.63) is 53.6 Å². The molecule has 8 heteroatoms. The topological polar surface area (TPSA) is 86.8 Å². The van der Waals surface area contributed by atoms with Gasteiger partial charge in [0, 0.05) is 49.0 Å². The van der Waals surface area contributed by atoms with E-state index in [0.29, 0.717) is 23.4 Å². The minimum atomic E-state index is -3.19. The van der Waals surface area contributed by atoms with Gasteiger partial charge in [0.15, 0.2) is 9.84 Å². The zero-order valence-corrected chi connectivity index (χ0v) is 20.0. The normalized spacial score (nSPS) is 16.5. The molecule has 176 valence electrons. The third-order valence-electron chi connectivity index (χ3n) is 6.61. The average molecular weight is 470 g/mol. The van der Waals surface area contributed by atoms with Crippen LogP contribution in [0.4, 0.5) is 11.4 Å². The third-order valence-corrected chi connectivity index (χ3v) is 8.36. The van der Waals surface area contributed by atoms with E-state index in [-0.39, 0.29) is 23.6 Å². The number of anilines is 2. The lowest BCUT2D eigenvalue weighted by Gasteiger charge is -2.34. The molecule has 0 aliphatic carbocycles. The Morgan fingerprint density at radius 2 is 1.70 bits per heavy atom. The van der Waals surface area contributed by atoms with Crippen molar-refractivity contribution in [3.63, 3.8) is 0 Å². The van der Waals surface area contributed by atoms with E-state index in [4.69, 9.17) is 0 Å². The predicted molar refractivity (Wildman–Crippen MR) is 130 cm³/mol. The molecule has 2 aromatic rings. The average Bonchev–Trinajstić information content (AvgIpc) is 3.27. The Balaban J connectivity index is 1.33. The van der Waals surface area contributed by atoms with Gasteiger partial charge in [-0.2, -0.15) is 0 Å². The number of nitrogens with zero attached hydrogens (tertiary/aromatic N) is 2. The van der Waals surface area contributed by atoms with E-state index in [9.17, 15) is 18.0 Å². The number of rotatable bonds is 6. The van der Waals surface area contributed by atoms with E-state index in [1.165, 1.54) is 0 Å². The number of nitrogens with one attached hydrogen (secondary N) is 1. The lowest BCUT2D eigenvalue weighted by atomic mass is 10.0. The molecule has 0 bridgehead atoms. The standard InChI is InChI=1S/C25H31N3O4S/c1-3-24(29)28-16-11-18-17-19(5-10-23(18)28)25(30)26-20-12-14-27(15-13-20)21-6-8-22(9-7-21)33(31,32)4-2/h5-10,17,20H,3-4,11-16H2,1-2H3,(H,26,30). The van der Waals surface area contributed by atoms with Crippen LogP contribution in [-0.2, 0) is 21.1 Å². The van der Waals surface area contributed by atoms with Crippen LogP contribution in [0, 0.1) is 0 Å². The maximum absolute atomic E-state index is 12.8. The molecule has 0 unspecified atom stereocenters. The third kappa shape index (κ3) is 4.90. The maximum Gasteiger partial charge on any atom is 0.251 e. The van der Waals surface area contributed by atoms with Gasteiger partial charge in [-0.15, -0.1) is 0 Å². The summed E-state index contributed by atoms with van der Waals surface area (Å²) in [7, 11) is -3.19. The number of hydrogen-bond donors (Lipinski definition) is 1. The molecule has 2 aliphatic heterocycles. The Morgan fingerprint density at radius 1 is 1.00 bits per heavy atom. The Bertz CT molecular complexity index is 1140. The number of benzene rings is 2. The van der Waals surface area contributed by atoms with Gasteiger partial charge in [0.2, 0.25) is 5.91 Å². The Kier molecular flexibility index (Phi) is 6.74. The second kappa shape index (κ2) is 9.55. The largest absolute Gasteiger partial charge is 0.371 e. The first-order valence-electron chi connectivity index (χ1n) is 11.6. The van der Waals surface area contributed by atoms with Crippen LogP contribution in [0.2, 0.25) is 0 Å². The highest BCUT2D eigenvalue weighted by atomic mass is 32.2. The monoisotopic (exact) mass is 469 g/mol. The summed E-state index contributed by atoms with van der Waals surface area (Å²) in [6.07, 6.45) is 2.90. The van der Waals surface area contributed by atoms with Gasteiger partial charge in [-0.1, -0.05) is 13.8 Å². The van der Waals surface area contributed by atoms with Gasteiger partial charge in [0.1, 0.15) is 0 Å². The SMILES string of the molecule is CCC(=O)N1CCc2cc(C(=O)NC3CCN(c4ccc(S(=O)(=O)CC)cc4)CC3)ccc21. The van der Waals surface area contributed by atoms with Gasteiger partial charge < -0.3 is 15.1 Å². The van der Waals surface area contributed by atoms with Crippen molar-refractivity contribution in [1.82, 2.24) is 5.32 Å². The Morgan fingerprint density at radius 3 is 2.33 bits per heavy atom. The fourth-order valence-electron chi connectivity index (χ4n) is 4.57. The van der Waals surface area contributed by atoms with Crippen molar-refractivity contribution in [1.29, 1.82) is 0 Å². The van der Waals surface area contributed by atoms with Gasteiger partial charge in [-0.25, -0.2) is 8.42 Å². The molecule has 2 heterocycles. The molecule has 0 radical (unpaired) electrons. The summed E-state index contributed by atoms with van der Waals surface area (Å²) in [4.78, 5) is 29.3. The summed E-state index contributed by atoms with van der Waals surface area (Å²) < 4.78 is 24.0. The summed E-state index contributed by atoms with van der Waals surface area (Å²) in [5, 5.41) is 3.15. The molecule has 0 spiro atoms. The molecule has 0 aromatic heterocycles. The minimum absolute atomic E-state index is 0.0781. The van der Waals surface area contributed by atoms with Crippen LogP contribution in [0.25, 0.3) is 0 Å². The van der Waals surface area contributed by atoms with Crippen LogP contribution >= 0.6 is 0 Å². The van der Waals surface area contributed by atoms with Crippen molar-refractivity contribution in [2.24, 2.45) is 0 Å². The number of carbonyl (C=O) groups is 2. The first kappa shape index (κ1) is 23.3. The number of amides is 2. The molecule has 0 atom stereocenters. The summed E-state index contributed by atoms with van der Waals surface area (Å²) in [5.41, 5.74) is 3.60. The van der Waals surface area contributed by atoms with Gasteiger partial charge in [-0.3, -0.25) is 9.59 Å². The highest BCUT2D eigenvalue weighted by molar-refractivity contribution is 7.91. The van der Waals surface area contributed by atoms with Crippen molar-refractivity contribution in [2.75, 3.05) is 35.2 Å². The Labute approximate surface area is 195 Å². The predicted octanol–water partition coefficient (Wildman–Crippen LogP) is 3.18. The smallest absolute Gasteiger partial charge is 0.251 e. The molecule has 1 fully saturated rings. The fraction of sp³-hybridized carbons (Fsp3) is 0.440. The zero-order chi connectivity index (χ0) is 23.6. The van der Waals surface area contributed by atoms with E-state index >= 15 is 0 Å². The summed E-state index contributed by atoms with van der Waals surface area (Å²) in [5.74, 6) is 0.126. The molecule has 4 rings (SSSR count). The van der Waals surface area contributed by atoms with E-state index in [0.717, 1.165) is 49.3 Å². The fourth-order valence-corrected chi connectivity index (χ4v) is 5.46. The van der Waals surface area contributed by atoms with Crippen molar-refractivity contribution >= 4 is 33.0 Å². The Hall–Kier alpha value is -2.87. The second-order valence-electron chi connectivity index (χ2n) is 8.62. The molecule has 2 aromatic carbocycles. The van der Waals surface area contributed by atoms with Crippen molar-refractivity contribution in [2.45, 2.75) is 50.5 Å². The minimum Gasteiger partial charge on any atom is -0.371 e. The lowest BCUT2D eigenvalue weighted by molar-refractivity contribution is -0.118. The van der Waals surface area contributed by atoms with Crippen LogP contribution in [0.1, 0.15) is 49.0 Å². The van der Waals surface area contributed by atoms with Gasteiger partial charge in [0.25, 0.3) is 5.91 Å². The molecule has 2 amide bonds. The summed E-state index contributed by atoms with van der Waals surface area (Å²) in [6.45, 7) is 5.77. The second-order valence-corrected chi connectivity index (χ2v) is 10.9. The van der Waals surface area contributed by atoms with Crippen molar-refractivity contribution < 1.29 is 18.0 Å². The van der Waals surface area contributed by atoms with Gasteiger partial charge >= 0.3 is 0 Å². The number of carbonyl (C=O) groups excluding carboxylic acids is 2. The molecule has 1 saturated heterocycles. The lowest BCUT2D eigenvalue weighted by Crippen LogP contribution is -2.44. The number of piperidine rings is 1. The van der Waals surface area contributed by atoms with Crippen LogP contribution in [-0.4, -0.2) is 51.7 Å². The summed E-state index contributed by atoms with van der Waals surface area (Å²) in [6, 6.07) is 12.8. The molecule has 1 N–H and O–H groups in total. The van der Waals surface area contributed by atoms with E-state index < -0.39 is 9.84 Å². The number of sulfone groups is 1. The zero-order valence-electron chi connectivity index (χ0n) is 19.2. The van der Waals surface area contributed by atoms with Gasteiger partial charge in [-0.05, 0) is 67.3 Å². The van der Waals surface area contributed by atoms with Crippen LogP contribution in [0.5, 0.6) is 0 Å². The van der Waals surface area contributed by atoms with Crippen LogP contribution < -0.4 is 15.1 Å². The molecule has 33 heavy (non-hydrogen) atoms. The maximum atomic E-state index is 12.8. The molecule has 7 nitrogen and oxygen atoms in total. The number of hydrogen-bond acceptors (Lipinski definition) is 5. The van der Waals surface area contributed by atoms with Crippen molar-refractivity contribution in [3.8, 4) is 0 Å². The molecular formula is C25H31N3O4S. The highest BCUT2D eigenvalue weighted by Crippen LogP contribution is 2.29. The molecule has 0 saturated carbocycles. The number of fused-ring (bicyclic) bond motifs is 1. The quantitative estimate of drug-likeness (QED) is 0.702. The summed E-state index contributed by atoms with van der Waals surface area (Å²) >= 11 is 0. The van der Waals surface area contributed by atoms with E-state index in [2.05, 4.69) is 10.2 Å². The highest BCUT2D eigenvalue weighted by Gasteiger charge is 2.26. The van der Waals surface area contributed by atoms with E-state index in [1.807, 2.05) is 31.2 Å². The van der Waals surface area contributed by atoms with Gasteiger partial charge in [0.05, 0.1) is 10.6 Å². The van der Waals surface area contributed by atoms with Crippen LogP contribution in [0.15, 0.2) is 47.4 Å². The molecular weight excluding hydrogens is 438 g/mol. The first-order valence-corrected chi connectivity index (χ1v) is 13.3. The molecule has 2 aliphatic rings. The first-order chi connectivity index (χ1) is 15.8. The van der Waals surface area contributed by atoms with Crippen LogP contribution in [0.3, 0.4) is 0 Å². The van der Waals surface area contributed by atoms with E-state index in [1.54, 1.807) is 30.0 Å².